The third kappa shape index (κ3) is 8.52. The number of carbonyl (C=O) groups is 1. The number of halogens is 8. The molecule has 2 aromatic carbocycles. The quantitative estimate of drug-likeness (QED) is 0.128. The summed E-state index contributed by atoms with van der Waals surface area (Å²) in [5.74, 6) is -2.94. The van der Waals surface area contributed by atoms with E-state index in [0.29, 0.717) is 28.4 Å². The summed E-state index contributed by atoms with van der Waals surface area (Å²) < 4.78 is 131. The van der Waals surface area contributed by atoms with E-state index in [0.717, 1.165) is 44.6 Å². The Balaban J connectivity index is 1.25. The minimum absolute atomic E-state index is 0.0366. The molecular formula is C40H37ClF7N9O3S. The molecule has 0 radical (unpaired) electrons. The van der Waals surface area contributed by atoms with Crippen LogP contribution in [0.25, 0.3) is 22.0 Å². The first-order chi connectivity index (χ1) is 28.7. The van der Waals surface area contributed by atoms with Crippen LogP contribution in [0.1, 0.15) is 52.3 Å². The van der Waals surface area contributed by atoms with Gasteiger partial charge in [-0.3, -0.25) is 23.8 Å². The molecule has 3 aromatic heterocycles. The standard InChI is InChI=1S/C40H37ClF7N9O3S/c1-54-11-13-56(14-12-54)10-4-5-24-6-7-25(26-8-9-29(41)33-35(26)55(2)52-38(33)53-61(3,59)60)34(49-24)30(17-21-15-22(42)18-23(43)16-21)50-31(58)20-57-37-32(36(51-57)40(46,47)48)27-19-28(27)39(37,44)45/h6-9,15-16,18,27-28,30H,10-14,17,19-20H2,1-3H3,(H,50,58)(H,52,53)/t27-,28+,30-/m0/s1. The highest BCUT2D eigenvalue weighted by Gasteiger charge is 2.68. The number of hydrogen-bond donors (Lipinski definition) is 2. The van der Waals surface area contributed by atoms with E-state index in [2.05, 4.69) is 41.9 Å². The van der Waals surface area contributed by atoms with Crippen LogP contribution in [0, 0.1) is 29.4 Å². The lowest BCUT2D eigenvalue weighted by Gasteiger charge is -2.30. The number of alkyl halides is 5. The van der Waals surface area contributed by atoms with E-state index in [9.17, 15) is 35.2 Å². The topological polar surface area (TPSA) is 130 Å². The fourth-order valence-electron chi connectivity index (χ4n) is 8.28. The number of aromatic nitrogens is 5. The molecule has 1 saturated carbocycles. The third-order valence-corrected chi connectivity index (χ3v) is 11.9. The lowest BCUT2D eigenvalue weighted by atomic mass is 9.93. The van der Waals surface area contributed by atoms with Crippen LogP contribution in [0.2, 0.25) is 5.02 Å². The average molecular weight is 892 g/mol. The Morgan fingerprint density at radius 1 is 1.02 bits per heavy atom. The summed E-state index contributed by atoms with van der Waals surface area (Å²) in [4.78, 5) is 23.2. The lowest BCUT2D eigenvalue weighted by Crippen LogP contribution is -2.44. The van der Waals surface area contributed by atoms with Crippen molar-refractivity contribution in [3.05, 3.63) is 93.0 Å². The Morgan fingerprint density at radius 2 is 1.70 bits per heavy atom. The van der Waals surface area contributed by atoms with Gasteiger partial charge in [0.15, 0.2) is 11.5 Å². The Bertz CT molecular complexity index is 2740. The van der Waals surface area contributed by atoms with Crippen molar-refractivity contribution in [3.8, 4) is 23.0 Å². The van der Waals surface area contributed by atoms with Gasteiger partial charge in [-0.25, -0.2) is 22.2 Å². The van der Waals surface area contributed by atoms with Gasteiger partial charge < -0.3 is 10.2 Å². The van der Waals surface area contributed by atoms with Crippen LogP contribution in [0.15, 0.2) is 42.5 Å². The maximum absolute atomic E-state index is 15.5. The van der Waals surface area contributed by atoms with E-state index in [1.54, 1.807) is 18.2 Å². The molecule has 3 aliphatic rings. The van der Waals surface area contributed by atoms with Crippen LogP contribution >= 0.6 is 11.6 Å². The molecule has 2 aliphatic carbocycles. The molecule has 1 saturated heterocycles. The second kappa shape index (κ2) is 15.6. The number of rotatable bonds is 10. The fraction of sp³-hybridized carbons (Fsp3) is 0.400. The zero-order valence-corrected chi connectivity index (χ0v) is 34.3. The number of fused-ring (bicyclic) bond motifs is 4. The molecule has 61 heavy (non-hydrogen) atoms. The van der Waals surface area contributed by atoms with Crippen molar-refractivity contribution in [2.75, 3.05) is 50.7 Å². The van der Waals surface area contributed by atoms with Gasteiger partial charge in [0.25, 0.3) is 5.92 Å². The van der Waals surface area contributed by atoms with Crippen LogP contribution in [0.3, 0.4) is 0 Å². The smallest absolute Gasteiger partial charge is 0.346 e. The first-order valence-electron chi connectivity index (χ1n) is 19.0. The molecule has 21 heteroatoms. The molecule has 12 nitrogen and oxygen atoms in total. The number of amides is 1. The number of nitrogens with one attached hydrogen (secondary N) is 2. The molecule has 322 valence electrons. The molecule has 8 rings (SSSR count). The van der Waals surface area contributed by atoms with Gasteiger partial charge in [-0.05, 0) is 67.6 Å². The van der Waals surface area contributed by atoms with Crippen molar-refractivity contribution in [1.82, 2.24) is 39.7 Å². The minimum Gasteiger partial charge on any atom is -0.346 e. The number of sulfonamides is 1. The number of pyridine rings is 1. The van der Waals surface area contributed by atoms with Crippen molar-refractivity contribution in [2.24, 2.45) is 13.0 Å². The highest BCUT2D eigenvalue weighted by Crippen LogP contribution is 2.68. The van der Waals surface area contributed by atoms with E-state index in [-0.39, 0.29) is 51.6 Å². The van der Waals surface area contributed by atoms with E-state index >= 15 is 8.78 Å². The number of anilines is 1. The van der Waals surface area contributed by atoms with Crippen LogP contribution in [-0.4, -0.2) is 94.7 Å². The predicted molar refractivity (Wildman–Crippen MR) is 211 cm³/mol. The summed E-state index contributed by atoms with van der Waals surface area (Å²) >= 11 is 6.62. The van der Waals surface area contributed by atoms with Gasteiger partial charge in [0.05, 0.1) is 40.5 Å². The molecule has 2 N–H and O–H groups in total. The molecule has 3 atom stereocenters. The van der Waals surface area contributed by atoms with Crippen molar-refractivity contribution < 1.29 is 43.9 Å². The van der Waals surface area contributed by atoms with Crippen LogP contribution in [0.5, 0.6) is 0 Å². The number of benzene rings is 2. The summed E-state index contributed by atoms with van der Waals surface area (Å²) in [5.41, 5.74) is -1.82. The summed E-state index contributed by atoms with van der Waals surface area (Å²) in [5, 5.41) is 10.8. The normalized spacial score (nSPS) is 19.3. The number of hydrogen-bond acceptors (Lipinski definition) is 8. The summed E-state index contributed by atoms with van der Waals surface area (Å²) in [6.45, 7) is 2.61. The Labute approximate surface area is 350 Å². The van der Waals surface area contributed by atoms with E-state index < -0.39 is 81.0 Å². The zero-order chi connectivity index (χ0) is 43.8. The van der Waals surface area contributed by atoms with E-state index in [1.807, 2.05) is 7.05 Å². The van der Waals surface area contributed by atoms with Gasteiger partial charge in [-0.15, -0.1) is 0 Å². The molecule has 0 unspecified atom stereocenters. The molecule has 1 aliphatic heterocycles. The minimum atomic E-state index is -5.07. The highest BCUT2D eigenvalue weighted by atomic mass is 35.5. The zero-order valence-electron chi connectivity index (χ0n) is 32.7. The van der Waals surface area contributed by atoms with Crippen molar-refractivity contribution in [3.63, 3.8) is 0 Å². The van der Waals surface area contributed by atoms with E-state index in [1.165, 1.54) is 17.8 Å². The van der Waals surface area contributed by atoms with Gasteiger partial charge >= 0.3 is 6.18 Å². The molecule has 2 fully saturated rings. The number of carbonyl (C=O) groups excluding carboxylic acids is 1. The van der Waals surface area contributed by atoms with Gasteiger partial charge in [-0.1, -0.05) is 23.6 Å². The Kier molecular flexibility index (Phi) is 10.9. The Morgan fingerprint density at radius 3 is 2.38 bits per heavy atom. The first-order valence-corrected chi connectivity index (χ1v) is 21.3. The Hall–Kier alpha value is -5.23. The van der Waals surface area contributed by atoms with Gasteiger partial charge in [0.1, 0.15) is 29.6 Å². The van der Waals surface area contributed by atoms with Crippen LogP contribution in [-0.2, 0) is 46.9 Å². The fourth-order valence-corrected chi connectivity index (χ4v) is 9.01. The molecular weight excluding hydrogens is 855 g/mol. The predicted octanol–water partition coefficient (Wildman–Crippen LogP) is 6.06. The maximum atomic E-state index is 15.5. The van der Waals surface area contributed by atoms with Crippen molar-refractivity contribution in [1.29, 1.82) is 0 Å². The van der Waals surface area contributed by atoms with Gasteiger partial charge in [0.2, 0.25) is 15.9 Å². The average Bonchev–Trinajstić information content (AvgIpc) is 3.70. The molecule has 1 amide bonds. The monoisotopic (exact) mass is 891 g/mol. The maximum Gasteiger partial charge on any atom is 0.435 e. The second-order valence-electron chi connectivity index (χ2n) is 15.6. The number of aryl methyl sites for hydroxylation is 1. The summed E-state index contributed by atoms with van der Waals surface area (Å²) in [6.07, 6.45) is -4.63. The van der Waals surface area contributed by atoms with Crippen molar-refractivity contribution in [2.45, 2.75) is 43.4 Å². The molecule has 4 heterocycles. The number of likely N-dealkylation sites (N-methyl/N-ethyl adjacent to an activating group) is 1. The largest absolute Gasteiger partial charge is 0.435 e. The van der Waals surface area contributed by atoms with Crippen LogP contribution < -0.4 is 10.0 Å². The van der Waals surface area contributed by atoms with E-state index in [4.69, 9.17) is 16.6 Å². The van der Waals surface area contributed by atoms with Gasteiger partial charge in [0, 0.05) is 61.9 Å². The van der Waals surface area contributed by atoms with Crippen molar-refractivity contribution >= 4 is 44.3 Å². The molecule has 5 aromatic rings. The lowest BCUT2D eigenvalue weighted by molar-refractivity contribution is -0.142. The highest BCUT2D eigenvalue weighted by molar-refractivity contribution is 7.92. The number of nitrogens with zero attached hydrogens (tertiary/aromatic N) is 7. The SMILES string of the molecule is CN1CCN(CC#Cc2ccc(-c3ccc(Cl)c4c(NS(C)(=O)=O)nn(C)c34)c([C@H](Cc3cc(F)cc(F)c3)NC(=O)Cn3nc(C(F)(F)F)c4c3C(F)(F)[C@@H]3C[C@H]43)n2)CC1. The summed E-state index contributed by atoms with van der Waals surface area (Å²) in [7, 11) is -0.285. The molecule has 0 bridgehead atoms. The summed E-state index contributed by atoms with van der Waals surface area (Å²) in [6, 6.07) is 7.65. The second-order valence-corrected chi connectivity index (χ2v) is 17.8. The van der Waals surface area contributed by atoms with Gasteiger partial charge in [-0.2, -0.15) is 32.1 Å². The van der Waals surface area contributed by atoms with Crippen LogP contribution in [0.4, 0.5) is 36.6 Å². The molecule has 0 spiro atoms. The number of piperazine rings is 1. The third-order valence-electron chi connectivity index (χ3n) is 11.1. The first kappa shape index (κ1) is 42.5.